The van der Waals surface area contributed by atoms with E-state index < -0.39 is 0 Å². The Hall–Kier alpha value is -6.75. The Morgan fingerprint density at radius 3 is 1.64 bits per heavy atom. The molecule has 0 aliphatic rings. The highest BCUT2D eigenvalue weighted by atomic mass is 32.1. The molecule has 0 saturated carbocycles. The van der Waals surface area contributed by atoms with Gasteiger partial charge in [0.15, 0.2) is 17.5 Å². The summed E-state index contributed by atoms with van der Waals surface area (Å²) in [7, 11) is 0. The summed E-state index contributed by atoms with van der Waals surface area (Å²) in [5.74, 6) is 1.94. The molecule has 0 amide bonds. The van der Waals surface area contributed by atoms with Gasteiger partial charge in [-0.25, -0.2) is 15.0 Å². The average molecular weight is 694 g/mol. The van der Waals surface area contributed by atoms with Gasteiger partial charge in [0.25, 0.3) is 0 Å². The van der Waals surface area contributed by atoms with Crippen molar-refractivity contribution in [1.29, 1.82) is 0 Å². The summed E-state index contributed by atoms with van der Waals surface area (Å²) in [6.07, 6.45) is 0. The second-order valence-corrected chi connectivity index (χ2v) is 14.3. The van der Waals surface area contributed by atoms with Crippen LogP contribution in [0.1, 0.15) is 0 Å². The van der Waals surface area contributed by atoms with Gasteiger partial charge in [-0.1, -0.05) is 158 Å². The summed E-state index contributed by atoms with van der Waals surface area (Å²) in [6.45, 7) is 0. The molecular weight excluding hydrogens is 663 g/mol. The summed E-state index contributed by atoms with van der Waals surface area (Å²) >= 11 is 1.79. The third-order valence-corrected chi connectivity index (χ3v) is 11.2. The normalized spacial score (nSPS) is 11.4. The van der Waals surface area contributed by atoms with Crippen LogP contribution in [0.2, 0.25) is 0 Å². The summed E-state index contributed by atoms with van der Waals surface area (Å²) in [4.78, 5) is 15.7. The Bertz CT molecular complexity index is 2960. The summed E-state index contributed by atoms with van der Waals surface area (Å²) in [5.41, 5.74) is 9.71. The second kappa shape index (κ2) is 13.1. The lowest BCUT2D eigenvalue weighted by Crippen LogP contribution is -2.01. The van der Waals surface area contributed by atoms with E-state index in [9.17, 15) is 0 Å². The molecule has 0 unspecified atom stereocenters. The second-order valence-electron chi connectivity index (χ2n) is 13.2. The van der Waals surface area contributed by atoms with Gasteiger partial charge in [-0.3, -0.25) is 0 Å². The predicted octanol–water partition coefficient (Wildman–Crippen LogP) is 13.4. The number of aromatic nitrogens is 3. The third kappa shape index (κ3) is 5.76. The minimum absolute atomic E-state index is 0.638. The first-order chi connectivity index (χ1) is 26.2. The molecule has 0 aliphatic carbocycles. The number of rotatable bonds is 6. The van der Waals surface area contributed by atoms with Crippen LogP contribution in [0.4, 0.5) is 0 Å². The van der Waals surface area contributed by atoms with E-state index in [0.29, 0.717) is 17.5 Å². The quantitative estimate of drug-likeness (QED) is 0.174. The summed E-state index contributed by atoms with van der Waals surface area (Å²) < 4.78 is 2.42. The van der Waals surface area contributed by atoms with Crippen LogP contribution in [0.5, 0.6) is 0 Å². The van der Waals surface area contributed by atoms with Crippen molar-refractivity contribution >= 4 is 42.3 Å². The van der Waals surface area contributed by atoms with E-state index in [1.54, 1.807) is 11.3 Å². The fourth-order valence-electron chi connectivity index (χ4n) is 7.30. The van der Waals surface area contributed by atoms with Crippen molar-refractivity contribution < 1.29 is 0 Å². The van der Waals surface area contributed by atoms with Crippen LogP contribution < -0.4 is 0 Å². The Morgan fingerprint density at radius 1 is 0.302 bits per heavy atom. The lowest BCUT2D eigenvalue weighted by molar-refractivity contribution is 1.08. The topological polar surface area (TPSA) is 38.7 Å². The van der Waals surface area contributed by atoms with Crippen molar-refractivity contribution in [2.75, 3.05) is 0 Å². The summed E-state index contributed by atoms with van der Waals surface area (Å²) in [6, 6.07) is 66.3. The maximum atomic E-state index is 5.24. The minimum atomic E-state index is 0.638. The number of fused-ring (bicyclic) bond motifs is 4. The molecule has 0 spiro atoms. The molecule has 0 atom stereocenters. The molecule has 248 valence electrons. The third-order valence-electron chi connectivity index (χ3n) is 9.93. The van der Waals surface area contributed by atoms with Crippen LogP contribution >= 0.6 is 11.3 Å². The van der Waals surface area contributed by atoms with Crippen LogP contribution in [-0.4, -0.2) is 15.0 Å². The van der Waals surface area contributed by atoms with Crippen molar-refractivity contribution in [2.45, 2.75) is 0 Å². The molecule has 2 heterocycles. The minimum Gasteiger partial charge on any atom is -0.208 e. The van der Waals surface area contributed by atoms with Gasteiger partial charge in [-0.2, -0.15) is 0 Å². The molecule has 0 bridgehead atoms. The molecular formula is C49H31N3S. The first-order valence-corrected chi connectivity index (χ1v) is 18.6. The van der Waals surface area contributed by atoms with E-state index >= 15 is 0 Å². The molecule has 2 aromatic heterocycles. The molecule has 4 heteroatoms. The van der Waals surface area contributed by atoms with Crippen LogP contribution in [-0.2, 0) is 0 Å². The Morgan fingerprint density at radius 2 is 0.830 bits per heavy atom. The molecule has 53 heavy (non-hydrogen) atoms. The van der Waals surface area contributed by atoms with Crippen LogP contribution in [0.3, 0.4) is 0 Å². The fraction of sp³-hybridized carbons (Fsp3) is 0. The number of hydrogen-bond donors (Lipinski definition) is 0. The molecule has 0 aliphatic heterocycles. The molecule has 8 aromatic carbocycles. The monoisotopic (exact) mass is 693 g/mol. The van der Waals surface area contributed by atoms with E-state index in [0.717, 1.165) is 38.9 Å². The molecule has 10 aromatic rings. The van der Waals surface area contributed by atoms with Crippen molar-refractivity contribution in [2.24, 2.45) is 0 Å². The van der Waals surface area contributed by atoms with Gasteiger partial charge < -0.3 is 0 Å². The molecule has 3 nitrogen and oxygen atoms in total. The first-order valence-electron chi connectivity index (χ1n) is 17.8. The van der Waals surface area contributed by atoms with Gasteiger partial charge in [-0.05, 0) is 74.5 Å². The largest absolute Gasteiger partial charge is 0.208 e. The van der Waals surface area contributed by atoms with Crippen molar-refractivity contribution in [1.82, 2.24) is 15.0 Å². The predicted molar refractivity (Wildman–Crippen MR) is 223 cm³/mol. The lowest BCUT2D eigenvalue weighted by Gasteiger charge is -2.13. The Kier molecular flexibility index (Phi) is 7.67. The lowest BCUT2D eigenvalue weighted by atomic mass is 9.96. The molecule has 0 fully saturated rings. The van der Waals surface area contributed by atoms with E-state index in [4.69, 9.17) is 15.0 Å². The van der Waals surface area contributed by atoms with Crippen LogP contribution in [0.25, 0.3) is 98.5 Å². The highest BCUT2D eigenvalue weighted by Crippen LogP contribution is 2.40. The number of benzene rings is 8. The van der Waals surface area contributed by atoms with Crippen LogP contribution in [0.15, 0.2) is 188 Å². The van der Waals surface area contributed by atoms with Gasteiger partial charge in [-0.15, -0.1) is 11.3 Å². The van der Waals surface area contributed by atoms with E-state index in [-0.39, 0.29) is 0 Å². The van der Waals surface area contributed by atoms with E-state index in [2.05, 4.69) is 182 Å². The summed E-state index contributed by atoms with van der Waals surface area (Å²) in [5, 5.41) is 4.94. The standard InChI is InChI=1S/C49H31N3S/c1-2-14-33(15-3-1)40-21-6-7-23-43(40)48-50-47(51-49(52-48)44-25-12-24-42-41-22-8-9-26-45(41)53-46(42)44)39-20-11-19-37(31-39)35-17-10-18-36(30-35)38-28-27-32-13-4-5-16-34(32)29-38/h1-31H. The molecule has 0 radical (unpaired) electrons. The first kappa shape index (κ1) is 31.0. The van der Waals surface area contributed by atoms with Crippen molar-refractivity contribution in [3.05, 3.63) is 188 Å². The molecule has 0 saturated heterocycles. The number of hydrogen-bond acceptors (Lipinski definition) is 4. The van der Waals surface area contributed by atoms with Gasteiger partial charge >= 0.3 is 0 Å². The smallest absolute Gasteiger partial charge is 0.165 e. The van der Waals surface area contributed by atoms with Crippen LogP contribution in [0, 0.1) is 0 Å². The number of nitrogens with zero attached hydrogens (tertiary/aromatic N) is 3. The zero-order valence-corrected chi connectivity index (χ0v) is 29.5. The van der Waals surface area contributed by atoms with Gasteiger partial charge in [0.05, 0.1) is 0 Å². The molecule has 0 N–H and O–H groups in total. The highest BCUT2D eigenvalue weighted by molar-refractivity contribution is 7.26. The van der Waals surface area contributed by atoms with Crippen molar-refractivity contribution in [3.8, 4) is 67.5 Å². The highest BCUT2D eigenvalue weighted by Gasteiger charge is 2.18. The van der Waals surface area contributed by atoms with Gasteiger partial charge in [0, 0.05) is 36.9 Å². The zero-order valence-electron chi connectivity index (χ0n) is 28.6. The number of thiophene rings is 1. The maximum absolute atomic E-state index is 5.24. The van der Waals surface area contributed by atoms with Gasteiger partial charge in [0.2, 0.25) is 0 Å². The van der Waals surface area contributed by atoms with E-state index in [1.165, 1.54) is 42.1 Å². The fourth-order valence-corrected chi connectivity index (χ4v) is 8.51. The van der Waals surface area contributed by atoms with Crippen molar-refractivity contribution in [3.63, 3.8) is 0 Å². The Labute approximate surface area is 311 Å². The van der Waals surface area contributed by atoms with Gasteiger partial charge in [0.1, 0.15) is 0 Å². The molecule has 10 rings (SSSR count). The average Bonchev–Trinajstić information content (AvgIpc) is 3.63. The SMILES string of the molecule is c1ccc(-c2ccccc2-c2nc(-c3cccc(-c4cccc(-c5ccc6ccccc6c5)c4)c3)nc(-c3cccc4c3sc3ccccc34)n2)cc1. The zero-order chi connectivity index (χ0) is 35.1. The van der Waals surface area contributed by atoms with E-state index in [1.807, 2.05) is 6.07 Å². The maximum Gasteiger partial charge on any atom is 0.165 e. The Balaban J connectivity index is 1.13.